The van der Waals surface area contributed by atoms with Crippen LogP contribution in [0.15, 0.2) is 96.3 Å². The van der Waals surface area contributed by atoms with Crippen molar-refractivity contribution in [2.45, 2.75) is 42.9 Å². The molecule has 0 spiro atoms. The van der Waals surface area contributed by atoms with E-state index in [4.69, 9.17) is 17.0 Å². The van der Waals surface area contributed by atoms with Gasteiger partial charge < -0.3 is 19.5 Å². The average Bonchev–Trinajstić information content (AvgIpc) is 3.61. The van der Waals surface area contributed by atoms with Crippen LogP contribution in [0.25, 0.3) is 0 Å². The number of halogens is 1. The summed E-state index contributed by atoms with van der Waals surface area (Å²) in [6.45, 7) is 1.87. The van der Waals surface area contributed by atoms with E-state index < -0.39 is 9.84 Å². The minimum atomic E-state index is -3.75. The summed E-state index contributed by atoms with van der Waals surface area (Å²) in [5.74, 6) is -0.481. The summed E-state index contributed by atoms with van der Waals surface area (Å²) in [7, 11) is -3.75. The Labute approximate surface area is 239 Å². The van der Waals surface area contributed by atoms with E-state index in [1.54, 1.807) is 35.0 Å². The molecule has 0 unspecified atom stereocenters. The number of imidazole rings is 1. The summed E-state index contributed by atoms with van der Waals surface area (Å²) in [5, 5.41) is 3.64. The quantitative estimate of drug-likeness (QED) is 0.252. The van der Waals surface area contributed by atoms with E-state index in [0.29, 0.717) is 48.3 Å². The van der Waals surface area contributed by atoms with Crippen molar-refractivity contribution in [3.8, 4) is 0 Å². The third-order valence-electron chi connectivity index (χ3n) is 6.75. The highest BCUT2D eigenvalue weighted by molar-refractivity contribution is 7.90. The first-order chi connectivity index (χ1) is 19.4. The van der Waals surface area contributed by atoms with Gasteiger partial charge in [0, 0.05) is 18.8 Å². The summed E-state index contributed by atoms with van der Waals surface area (Å²) in [4.78, 5) is 6.39. The third kappa shape index (κ3) is 7.12. The molecule has 1 aromatic heterocycles. The summed E-state index contributed by atoms with van der Waals surface area (Å²) >= 11 is 5.78. The number of thiocarbonyl (C=S) groups is 1. The molecular weight excluding hydrogens is 547 g/mol. The zero-order valence-electron chi connectivity index (χ0n) is 21.9. The van der Waals surface area contributed by atoms with Gasteiger partial charge in [0.15, 0.2) is 5.11 Å². The summed E-state index contributed by atoms with van der Waals surface area (Å²) in [6, 6.07) is 24.8. The largest absolute Gasteiger partial charge is 0.376 e. The van der Waals surface area contributed by atoms with Crippen molar-refractivity contribution in [1.29, 1.82) is 0 Å². The van der Waals surface area contributed by atoms with Gasteiger partial charge in [0.05, 0.1) is 36.8 Å². The molecule has 1 fully saturated rings. The molecule has 1 aliphatic heterocycles. The maximum atomic E-state index is 13.6. The Hall–Kier alpha value is -3.60. The minimum Gasteiger partial charge on any atom is -0.376 e. The SMILES string of the molecule is O=S(=O)(Cc1ccccc1)c1ncc(CN(C[C@H]2CCCO2)C(=S)Nc2ccc(F)cc2)n1Cc1ccccc1. The normalized spacial score (nSPS) is 15.2. The van der Waals surface area contributed by atoms with Crippen molar-refractivity contribution in [1.82, 2.24) is 14.5 Å². The monoisotopic (exact) mass is 578 g/mol. The maximum absolute atomic E-state index is 13.6. The number of nitrogens with one attached hydrogen (secondary N) is 1. The van der Waals surface area contributed by atoms with E-state index in [-0.39, 0.29) is 22.8 Å². The van der Waals surface area contributed by atoms with E-state index in [2.05, 4.69) is 10.3 Å². The molecule has 3 aromatic carbocycles. The first-order valence-electron chi connectivity index (χ1n) is 13.2. The third-order valence-corrected chi connectivity index (χ3v) is 8.70. The van der Waals surface area contributed by atoms with E-state index in [1.807, 2.05) is 53.4 Å². The molecule has 2 heterocycles. The highest BCUT2D eigenvalue weighted by atomic mass is 32.2. The fraction of sp³-hybridized carbons (Fsp3) is 0.267. The molecule has 0 radical (unpaired) electrons. The van der Waals surface area contributed by atoms with Crippen LogP contribution in [0.4, 0.5) is 10.1 Å². The lowest BCUT2D eigenvalue weighted by molar-refractivity contribution is 0.0900. The van der Waals surface area contributed by atoms with Crippen LogP contribution in [0, 0.1) is 5.82 Å². The van der Waals surface area contributed by atoms with Crippen LogP contribution in [0.2, 0.25) is 0 Å². The number of rotatable bonds is 10. The zero-order chi connectivity index (χ0) is 28.0. The highest BCUT2D eigenvalue weighted by Gasteiger charge is 2.27. The summed E-state index contributed by atoms with van der Waals surface area (Å²) in [6.07, 6.45) is 3.50. The van der Waals surface area contributed by atoms with E-state index in [9.17, 15) is 12.8 Å². The molecule has 1 atom stereocenters. The van der Waals surface area contributed by atoms with Crippen LogP contribution in [-0.4, -0.2) is 47.2 Å². The van der Waals surface area contributed by atoms with Crippen molar-refractivity contribution in [3.05, 3.63) is 114 Å². The molecular formula is C30H31FN4O3S2. The Morgan fingerprint density at radius 2 is 1.70 bits per heavy atom. The molecule has 5 rings (SSSR count). The van der Waals surface area contributed by atoms with Gasteiger partial charge in [-0.1, -0.05) is 60.7 Å². The zero-order valence-corrected chi connectivity index (χ0v) is 23.6. The van der Waals surface area contributed by atoms with E-state index in [0.717, 1.165) is 18.4 Å². The van der Waals surface area contributed by atoms with Crippen LogP contribution in [0.3, 0.4) is 0 Å². The summed E-state index contributed by atoms with van der Waals surface area (Å²) in [5.41, 5.74) is 3.02. The van der Waals surface area contributed by atoms with Crippen LogP contribution in [0.1, 0.15) is 29.7 Å². The lowest BCUT2D eigenvalue weighted by atomic mass is 10.2. The first kappa shape index (κ1) is 27.9. The van der Waals surface area contributed by atoms with Gasteiger partial charge in [0.1, 0.15) is 5.82 Å². The molecule has 0 saturated carbocycles. The van der Waals surface area contributed by atoms with Crippen molar-refractivity contribution in [2.24, 2.45) is 0 Å². The smallest absolute Gasteiger partial charge is 0.228 e. The van der Waals surface area contributed by atoms with Crippen molar-refractivity contribution in [3.63, 3.8) is 0 Å². The predicted octanol–water partition coefficient (Wildman–Crippen LogP) is 5.42. The van der Waals surface area contributed by atoms with E-state index >= 15 is 0 Å². The Morgan fingerprint density at radius 3 is 2.35 bits per heavy atom. The summed E-state index contributed by atoms with van der Waals surface area (Å²) < 4.78 is 48.3. The second kappa shape index (κ2) is 12.7. The lowest BCUT2D eigenvalue weighted by Gasteiger charge is -2.28. The number of hydrogen-bond donors (Lipinski definition) is 1. The van der Waals surface area contributed by atoms with Crippen LogP contribution in [-0.2, 0) is 33.4 Å². The molecule has 1 N–H and O–H groups in total. The molecule has 0 amide bonds. The standard InChI is InChI=1S/C30H31FN4O3S2/c31-25-13-15-26(16-14-25)33-29(39)34(21-28-12-7-17-38-28)20-27-18-32-30(35(27)19-23-8-3-1-4-9-23)40(36,37)22-24-10-5-2-6-11-24/h1-6,8-11,13-16,18,28H,7,12,17,19-22H2,(H,33,39)/t28-/m1/s1. The fourth-order valence-corrected chi connectivity index (χ4v) is 6.49. The molecule has 0 aliphatic carbocycles. The van der Waals surface area contributed by atoms with Gasteiger partial charge in [-0.2, -0.15) is 0 Å². The second-order valence-corrected chi connectivity index (χ2v) is 12.1. The molecule has 1 aliphatic rings. The second-order valence-electron chi connectivity index (χ2n) is 9.80. The van der Waals surface area contributed by atoms with Crippen molar-refractivity contribution >= 4 is 32.9 Å². The van der Waals surface area contributed by atoms with Crippen LogP contribution in [0.5, 0.6) is 0 Å². The Morgan fingerprint density at radius 1 is 1.02 bits per heavy atom. The first-order valence-corrected chi connectivity index (χ1v) is 15.2. The molecule has 0 bridgehead atoms. The topological polar surface area (TPSA) is 76.5 Å². The molecule has 7 nitrogen and oxygen atoms in total. The van der Waals surface area contributed by atoms with Gasteiger partial charge >= 0.3 is 0 Å². The Bertz CT molecular complexity index is 1520. The van der Waals surface area contributed by atoms with Gasteiger partial charge in [-0.25, -0.2) is 17.8 Å². The Balaban J connectivity index is 1.46. The number of anilines is 1. The minimum absolute atomic E-state index is 0.000235. The molecule has 4 aromatic rings. The molecule has 1 saturated heterocycles. The van der Waals surface area contributed by atoms with Crippen LogP contribution >= 0.6 is 12.2 Å². The van der Waals surface area contributed by atoms with Gasteiger partial charge in [0.25, 0.3) is 0 Å². The predicted molar refractivity (Wildman–Crippen MR) is 157 cm³/mol. The molecule has 40 heavy (non-hydrogen) atoms. The number of ether oxygens (including phenoxy) is 1. The maximum Gasteiger partial charge on any atom is 0.228 e. The molecule has 10 heteroatoms. The van der Waals surface area contributed by atoms with Gasteiger partial charge in [0.2, 0.25) is 15.0 Å². The number of hydrogen-bond acceptors (Lipinski definition) is 5. The number of benzene rings is 3. The lowest BCUT2D eigenvalue weighted by Crippen LogP contribution is -2.40. The van der Waals surface area contributed by atoms with E-state index in [1.165, 1.54) is 12.1 Å². The average molecular weight is 579 g/mol. The van der Waals surface area contributed by atoms with Crippen molar-refractivity contribution < 1.29 is 17.5 Å². The van der Waals surface area contributed by atoms with Gasteiger partial charge in [-0.3, -0.25) is 0 Å². The van der Waals surface area contributed by atoms with Crippen LogP contribution < -0.4 is 5.32 Å². The van der Waals surface area contributed by atoms with Gasteiger partial charge in [-0.15, -0.1) is 0 Å². The number of sulfone groups is 1. The van der Waals surface area contributed by atoms with Gasteiger partial charge in [-0.05, 0) is 60.5 Å². The number of aromatic nitrogens is 2. The van der Waals surface area contributed by atoms with Crippen molar-refractivity contribution in [2.75, 3.05) is 18.5 Å². The fourth-order valence-electron chi connectivity index (χ4n) is 4.74. The highest BCUT2D eigenvalue weighted by Crippen LogP contribution is 2.22. The Kier molecular flexibility index (Phi) is 8.88. The molecule has 208 valence electrons. The number of nitrogens with zero attached hydrogens (tertiary/aromatic N) is 3.